The van der Waals surface area contributed by atoms with Gasteiger partial charge in [-0.2, -0.15) is 10.8 Å². The van der Waals surface area contributed by atoms with E-state index in [1.54, 1.807) is 0 Å². The van der Waals surface area contributed by atoms with Crippen molar-refractivity contribution < 1.29 is 0 Å². The second kappa shape index (κ2) is 7.08. The summed E-state index contributed by atoms with van der Waals surface area (Å²) >= 11 is 12.7. The Bertz CT molecular complexity index is 535. The van der Waals surface area contributed by atoms with Crippen LogP contribution < -0.4 is 0 Å². The van der Waals surface area contributed by atoms with Crippen LogP contribution in [0.5, 0.6) is 0 Å². The van der Waals surface area contributed by atoms with Crippen molar-refractivity contribution in [2.24, 2.45) is 11.8 Å². The average Bonchev–Trinajstić information content (AvgIpc) is 2.38. The number of hydrogen-bond acceptors (Lipinski definition) is 4. The molecule has 0 nitrogen and oxygen atoms in total. The first-order valence-electron chi connectivity index (χ1n) is 5.87. The van der Waals surface area contributed by atoms with Crippen LogP contribution in [-0.2, 0) is 28.6 Å². The highest BCUT2D eigenvalue weighted by atomic mass is 33.5. The lowest BCUT2D eigenvalue weighted by atomic mass is 10.1. The number of thioether (sulfide) groups is 1. The Balaban J connectivity index is 1.95. The Morgan fingerprint density at radius 1 is 1.28 bits per heavy atom. The molecule has 100 valence electrons. The zero-order valence-corrected chi connectivity index (χ0v) is 14.9. The van der Waals surface area contributed by atoms with E-state index in [2.05, 4.69) is 11.1 Å². The zero-order chi connectivity index (χ0) is 13.0. The summed E-state index contributed by atoms with van der Waals surface area (Å²) in [5.41, 5.74) is 0. The van der Waals surface area contributed by atoms with Gasteiger partial charge in [-0.3, -0.25) is 0 Å². The van der Waals surface area contributed by atoms with E-state index in [9.17, 15) is 0 Å². The van der Waals surface area contributed by atoms with Gasteiger partial charge in [0, 0.05) is 33.3 Å². The lowest BCUT2D eigenvalue weighted by Gasteiger charge is -2.20. The van der Waals surface area contributed by atoms with Gasteiger partial charge in [0.25, 0.3) is 0 Å². The summed E-state index contributed by atoms with van der Waals surface area (Å²) in [5, 5.41) is 3.62. The van der Waals surface area contributed by atoms with Crippen LogP contribution in [-0.4, -0.2) is 21.5 Å². The van der Waals surface area contributed by atoms with E-state index in [4.69, 9.17) is 28.8 Å². The maximum Gasteiger partial charge on any atom is 0.0322 e. The van der Waals surface area contributed by atoms with Gasteiger partial charge in [-0.1, -0.05) is 16.0 Å². The van der Waals surface area contributed by atoms with E-state index in [1.165, 1.54) is 15.0 Å². The third-order valence-electron chi connectivity index (χ3n) is 2.93. The Morgan fingerprint density at radius 3 is 2.67 bits per heavy atom. The van der Waals surface area contributed by atoms with Crippen LogP contribution in [0.1, 0.15) is 19.3 Å². The van der Waals surface area contributed by atoms with Crippen LogP contribution in [0.4, 0.5) is 0 Å². The molecular weight excluding hydrogens is 337 g/mol. The van der Waals surface area contributed by atoms with Gasteiger partial charge in [-0.05, 0) is 47.8 Å². The largest absolute Gasteiger partial charge is 0.187 e. The molecule has 2 atom stereocenters. The van der Waals surface area contributed by atoms with E-state index in [-0.39, 0.29) is 0 Å². The van der Waals surface area contributed by atoms with E-state index in [0.29, 0.717) is 11.8 Å². The van der Waals surface area contributed by atoms with Gasteiger partial charge in [-0.25, -0.2) is 0 Å². The highest BCUT2D eigenvalue weighted by Crippen LogP contribution is 2.29. The third kappa shape index (κ3) is 4.79. The standard InChI is InChI=1S/C12H16S6/c1-2-10-3-4-12(15-7-10)16-8-11-5-6-18(13,14)17-9-11/h1,10-11,16H,3-7,9H2. The monoisotopic (exact) mass is 352 g/mol. The van der Waals surface area contributed by atoms with Crippen molar-refractivity contribution in [3.05, 3.63) is 0 Å². The van der Waals surface area contributed by atoms with Crippen molar-refractivity contribution in [3.8, 4) is 17.5 Å². The molecule has 0 N–H and O–H groups in total. The van der Waals surface area contributed by atoms with Crippen molar-refractivity contribution in [1.82, 2.24) is 0 Å². The molecule has 2 rings (SSSR count). The predicted octanol–water partition coefficient (Wildman–Crippen LogP) is 3.06. The fraction of sp³-hybridized carbons (Fsp3) is 0.667. The SMILES string of the molecule is C#CC1CCC(=[SH]#CC2CCS(=S)(=S)SC2)SC1. The third-order valence-corrected chi connectivity index (χ3v) is 12.0. The molecule has 2 unspecified atom stereocenters. The minimum absolute atomic E-state index is 0.476. The minimum Gasteiger partial charge on any atom is -0.187 e. The molecule has 2 aliphatic rings. The molecule has 18 heavy (non-hydrogen) atoms. The van der Waals surface area contributed by atoms with Crippen LogP contribution in [0.3, 0.4) is 0 Å². The van der Waals surface area contributed by atoms with Crippen molar-refractivity contribution in [1.29, 1.82) is 0 Å². The fourth-order valence-electron chi connectivity index (χ4n) is 1.75. The highest BCUT2D eigenvalue weighted by molar-refractivity contribution is 8.98. The molecule has 6 heteroatoms. The summed E-state index contributed by atoms with van der Waals surface area (Å²) in [6, 6.07) is 0. The number of terminal acetylenes is 1. The predicted molar refractivity (Wildman–Crippen MR) is 99.4 cm³/mol. The lowest BCUT2D eigenvalue weighted by molar-refractivity contribution is 0.701. The second-order valence-corrected chi connectivity index (χ2v) is 16.6. The van der Waals surface area contributed by atoms with Gasteiger partial charge >= 0.3 is 0 Å². The zero-order valence-electron chi connectivity index (χ0n) is 9.96. The summed E-state index contributed by atoms with van der Waals surface area (Å²) in [6.45, 7) is 0. The smallest absolute Gasteiger partial charge is 0.0322 e. The molecule has 0 aliphatic carbocycles. The van der Waals surface area contributed by atoms with Crippen LogP contribution in [0.25, 0.3) is 0 Å². The molecule has 0 aromatic rings. The summed E-state index contributed by atoms with van der Waals surface area (Å²) < 4.78 is 1.53. The Kier molecular flexibility index (Phi) is 6.02. The summed E-state index contributed by atoms with van der Waals surface area (Å²) in [7, 11) is 3.11. The molecule has 0 bridgehead atoms. The highest BCUT2D eigenvalue weighted by Gasteiger charge is 2.18. The van der Waals surface area contributed by atoms with Gasteiger partial charge < -0.3 is 0 Å². The fourth-order valence-corrected chi connectivity index (χ4v) is 8.87. The quantitative estimate of drug-likeness (QED) is 0.308. The first kappa shape index (κ1) is 15.3. The Morgan fingerprint density at radius 2 is 2.11 bits per heavy atom. The molecule has 0 amide bonds. The Hall–Kier alpha value is 0.920. The topological polar surface area (TPSA) is 0 Å². The minimum atomic E-state index is -1.16. The number of rotatable bonds is 0. The lowest BCUT2D eigenvalue weighted by Crippen LogP contribution is -2.15. The van der Waals surface area contributed by atoms with Gasteiger partial charge in [0.05, 0.1) is 0 Å². The first-order valence-corrected chi connectivity index (χ1v) is 12.9. The van der Waals surface area contributed by atoms with E-state index < -0.39 is 6.18 Å². The van der Waals surface area contributed by atoms with Crippen LogP contribution in [0.2, 0.25) is 0 Å². The normalized spacial score (nSPS) is 31.2. The van der Waals surface area contributed by atoms with E-state index in [1.807, 2.05) is 22.6 Å². The molecule has 2 aliphatic heterocycles. The van der Waals surface area contributed by atoms with Gasteiger partial charge in [-0.15, -0.1) is 24.1 Å². The summed E-state index contributed by atoms with van der Waals surface area (Å²) in [5.74, 6) is 7.13. The van der Waals surface area contributed by atoms with E-state index in [0.717, 1.165) is 36.5 Å². The van der Waals surface area contributed by atoms with Gasteiger partial charge in [0.1, 0.15) is 0 Å². The maximum absolute atomic E-state index is 5.45. The van der Waals surface area contributed by atoms with Crippen LogP contribution >= 0.6 is 33.3 Å². The molecular formula is C12H16S6. The average molecular weight is 353 g/mol. The molecule has 2 heterocycles. The van der Waals surface area contributed by atoms with E-state index >= 15 is 0 Å². The van der Waals surface area contributed by atoms with Gasteiger partial charge in [0.15, 0.2) is 0 Å². The summed E-state index contributed by atoms with van der Waals surface area (Å²) in [4.78, 5) is 0. The molecule has 0 saturated carbocycles. The first-order chi connectivity index (χ1) is 8.59. The molecule has 2 fully saturated rings. The van der Waals surface area contributed by atoms with Crippen molar-refractivity contribution in [2.45, 2.75) is 19.3 Å². The van der Waals surface area contributed by atoms with Crippen molar-refractivity contribution in [2.75, 3.05) is 17.3 Å². The molecule has 0 radical (unpaired) electrons. The van der Waals surface area contributed by atoms with Gasteiger partial charge in [0.2, 0.25) is 0 Å². The molecule has 0 aromatic carbocycles. The number of hydrogen-bond donors (Lipinski definition) is 1. The maximum atomic E-state index is 5.45. The molecule has 0 aromatic heterocycles. The van der Waals surface area contributed by atoms with Crippen LogP contribution in [0, 0.1) is 29.4 Å². The number of thiol groups is 1. The molecule has 0 spiro atoms. The second-order valence-electron chi connectivity index (χ2n) is 4.38. The van der Waals surface area contributed by atoms with Crippen LogP contribution in [0.15, 0.2) is 0 Å². The van der Waals surface area contributed by atoms with Crippen molar-refractivity contribution in [3.63, 3.8) is 0 Å². The molecule has 2 saturated heterocycles. The summed E-state index contributed by atoms with van der Waals surface area (Å²) in [6.07, 6.45) is 7.75. The Labute approximate surface area is 131 Å². The van der Waals surface area contributed by atoms with Crippen molar-refractivity contribution >= 4 is 66.1 Å².